The molecular formula is C17H17NO2. The van der Waals surface area contributed by atoms with Gasteiger partial charge in [-0.15, -0.1) is 0 Å². The van der Waals surface area contributed by atoms with Crippen LogP contribution in [0, 0.1) is 6.92 Å². The zero-order chi connectivity index (χ0) is 14.5. The zero-order valence-corrected chi connectivity index (χ0v) is 11.6. The molecule has 1 heterocycles. The minimum atomic E-state index is -0.889. The molecule has 1 aromatic heterocycles. The second-order valence-electron chi connectivity index (χ2n) is 4.85. The van der Waals surface area contributed by atoms with Crippen LogP contribution in [0.25, 0.3) is 6.08 Å². The number of carboxylic acid groups (broad SMARTS) is 1. The first kappa shape index (κ1) is 14.0. The number of aromatic nitrogens is 1. The molecule has 2 aromatic rings. The molecule has 2 rings (SSSR count). The lowest BCUT2D eigenvalue weighted by atomic mass is 10.0. The molecule has 0 radical (unpaired) electrons. The fourth-order valence-corrected chi connectivity index (χ4v) is 1.95. The second kappa shape index (κ2) is 6.15. The number of rotatable bonds is 4. The zero-order valence-electron chi connectivity index (χ0n) is 11.6. The van der Waals surface area contributed by atoms with Gasteiger partial charge in [0.05, 0.1) is 0 Å². The maximum atomic E-state index is 10.8. The molecule has 102 valence electrons. The Morgan fingerprint density at radius 1 is 1.25 bits per heavy atom. The van der Waals surface area contributed by atoms with Crippen LogP contribution in [0.4, 0.5) is 0 Å². The summed E-state index contributed by atoms with van der Waals surface area (Å²) in [4.78, 5) is 14.9. The first-order chi connectivity index (χ1) is 9.56. The van der Waals surface area contributed by atoms with Crippen molar-refractivity contribution in [2.75, 3.05) is 0 Å². The lowest BCUT2D eigenvalue weighted by Gasteiger charge is -2.05. The summed E-state index contributed by atoms with van der Waals surface area (Å²) in [6, 6.07) is 9.92. The highest BCUT2D eigenvalue weighted by molar-refractivity contribution is 5.91. The van der Waals surface area contributed by atoms with Crippen LogP contribution in [0.5, 0.6) is 0 Å². The lowest BCUT2D eigenvalue weighted by Crippen LogP contribution is -1.95. The molecule has 0 bridgehead atoms. The number of benzene rings is 1. The maximum Gasteiger partial charge on any atom is 0.331 e. The van der Waals surface area contributed by atoms with E-state index in [1.807, 2.05) is 36.5 Å². The van der Waals surface area contributed by atoms with E-state index >= 15 is 0 Å². The van der Waals surface area contributed by atoms with Crippen LogP contribution in [0.3, 0.4) is 0 Å². The fourth-order valence-electron chi connectivity index (χ4n) is 1.95. The summed E-state index contributed by atoms with van der Waals surface area (Å²) < 4.78 is 0. The van der Waals surface area contributed by atoms with E-state index in [0.29, 0.717) is 5.57 Å². The predicted molar refractivity (Wildman–Crippen MR) is 79.5 cm³/mol. The molecular weight excluding hydrogens is 250 g/mol. The summed E-state index contributed by atoms with van der Waals surface area (Å²) >= 11 is 0. The van der Waals surface area contributed by atoms with Crippen LogP contribution in [0.15, 0.2) is 48.3 Å². The van der Waals surface area contributed by atoms with E-state index in [2.05, 4.69) is 11.9 Å². The van der Waals surface area contributed by atoms with Crippen LogP contribution < -0.4 is 0 Å². The Bertz CT molecular complexity index is 642. The Hall–Kier alpha value is -2.42. The van der Waals surface area contributed by atoms with Gasteiger partial charge in [-0.3, -0.25) is 4.98 Å². The Morgan fingerprint density at radius 3 is 2.55 bits per heavy atom. The number of carbonyl (C=O) groups is 1. The third-order valence-electron chi connectivity index (χ3n) is 3.24. The number of carboxylic acids is 1. The smallest absolute Gasteiger partial charge is 0.331 e. The molecule has 0 fully saturated rings. The minimum absolute atomic E-state index is 0.334. The van der Waals surface area contributed by atoms with Gasteiger partial charge >= 0.3 is 5.97 Å². The highest BCUT2D eigenvalue weighted by atomic mass is 16.4. The van der Waals surface area contributed by atoms with Crippen molar-refractivity contribution in [1.82, 2.24) is 4.98 Å². The number of pyridine rings is 1. The van der Waals surface area contributed by atoms with Crippen LogP contribution in [-0.2, 0) is 11.2 Å². The van der Waals surface area contributed by atoms with E-state index in [4.69, 9.17) is 5.11 Å². The first-order valence-electron chi connectivity index (χ1n) is 6.46. The summed E-state index contributed by atoms with van der Waals surface area (Å²) in [6.45, 7) is 3.67. The predicted octanol–water partition coefficient (Wildman–Crippen LogP) is 3.47. The molecule has 1 N–H and O–H groups in total. The molecule has 1 aromatic carbocycles. The van der Waals surface area contributed by atoms with Crippen molar-refractivity contribution in [2.24, 2.45) is 0 Å². The summed E-state index contributed by atoms with van der Waals surface area (Å²) in [5.74, 6) is -0.889. The van der Waals surface area contributed by atoms with E-state index < -0.39 is 5.97 Å². The van der Waals surface area contributed by atoms with Crippen LogP contribution in [0.2, 0.25) is 0 Å². The van der Waals surface area contributed by atoms with Gasteiger partial charge in [0.15, 0.2) is 0 Å². The molecule has 0 aliphatic carbocycles. The van der Waals surface area contributed by atoms with Crippen molar-refractivity contribution in [3.63, 3.8) is 0 Å². The average Bonchev–Trinajstić information content (AvgIpc) is 2.43. The van der Waals surface area contributed by atoms with Crippen LogP contribution >= 0.6 is 0 Å². The molecule has 0 atom stereocenters. The summed E-state index contributed by atoms with van der Waals surface area (Å²) in [7, 11) is 0. The molecule has 0 unspecified atom stereocenters. The van der Waals surface area contributed by atoms with Crippen LogP contribution in [-0.4, -0.2) is 16.1 Å². The van der Waals surface area contributed by atoms with E-state index in [9.17, 15) is 4.79 Å². The third kappa shape index (κ3) is 3.54. The van der Waals surface area contributed by atoms with Crippen molar-refractivity contribution in [3.05, 3.63) is 70.6 Å². The van der Waals surface area contributed by atoms with E-state index in [1.165, 1.54) is 16.7 Å². The summed E-state index contributed by atoms with van der Waals surface area (Å²) in [5, 5.41) is 8.85. The molecule has 20 heavy (non-hydrogen) atoms. The molecule has 3 heteroatoms. The topological polar surface area (TPSA) is 50.2 Å². The summed E-state index contributed by atoms with van der Waals surface area (Å²) in [5.41, 5.74) is 4.85. The molecule has 0 saturated heterocycles. The van der Waals surface area contributed by atoms with Gasteiger partial charge in [-0.05, 0) is 54.7 Å². The van der Waals surface area contributed by atoms with Gasteiger partial charge < -0.3 is 5.11 Å². The van der Waals surface area contributed by atoms with Crippen molar-refractivity contribution in [1.29, 1.82) is 0 Å². The van der Waals surface area contributed by atoms with E-state index in [-0.39, 0.29) is 0 Å². The van der Waals surface area contributed by atoms with Crippen molar-refractivity contribution in [3.8, 4) is 0 Å². The number of hydrogen-bond donors (Lipinski definition) is 1. The van der Waals surface area contributed by atoms with Gasteiger partial charge in [0.1, 0.15) is 0 Å². The Kier molecular flexibility index (Phi) is 4.31. The van der Waals surface area contributed by atoms with E-state index in [0.717, 1.165) is 12.0 Å². The quantitative estimate of drug-likeness (QED) is 0.863. The minimum Gasteiger partial charge on any atom is -0.478 e. The summed E-state index contributed by atoms with van der Waals surface area (Å²) in [6.07, 6.45) is 6.18. The largest absolute Gasteiger partial charge is 0.478 e. The van der Waals surface area contributed by atoms with Gasteiger partial charge in [0.2, 0.25) is 0 Å². The number of hydrogen-bond acceptors (Lipinski definition) is 2. The van der Waals surface area contributed by atoms with Gasteiger partial charge in [-0.2, -0.15) is 0 Å². The Morgan fingerprint density at radius 2 is 1.95 bits per heavy atom. The fraction of sp³-hybridized carbons (Fsp3) is 0.176. The maximum absolute atomic E-state index is 10.8. The SMILES string of the molecule is C/C(=C\c1ccc(Cc2cnccc2C)cc1)C(=O)O. The van der Waals surface area contributed by atoms with Crippen LogP contribution in [0.1, 0.15) is 29.2 Å². The van der Waals surface area contributed by atoms with Crippen molar-refractivity contribution in [2.45, 2.75) is 20.3 Å². The van der Waals surface area contributed by atoms with Gasteiger partial charge in [-0.25, -0.2) is 4.79 Å². The highest BCUT2D eigenvalue weighted by Crippen LogP contribution is 2.14. The van der Waals surface area contributed by atoms with Gasteiger partial charge in [-0.1, -0.05) is 24.3 Å². The van der Waals surface area contributed by atoms with Crippen molar-refractivity contribution < 1.29 is 9.90 Å². The molecule has 0 amide bonds. The normalized spacial score (nSPS) is 11.4. The molecule has 0 spiro atoms. The first-order valence-corrected chi connectivity index (χ1v) is 6.46. The number of aryl methyl sites for hydroxylation is 1. The molecule has 0 aliphatic rings. The molecule has 0 saturated carbocycles. The van der Waals surface area contributed by atoms with Crippen molar-refractivity contribution >= 4 is 12.0 Å². The molecule has 3 nitrogen and oxygen atoms in total. The average molecular weight is 267 g/mol. The second-order valence-corrected chi connectivity index (χ2v) is 4.85. The van der Waals surface area contributed by atoms with Gasteiger partial charge in [0, 0.05) is 18.0 Å². The Labute approximate surface area is 118 Å². The lowest BCUT2D eigenvalue weighted by molar-refractivity contribution is -0.132. The van der Waals surface area contributed by atoms with Gasteiger partial charge in [0.25, 0.3) is 0 Å². The number of aliphatic carboxylic acids is 1. The van der Waals surface area contributed by atoms with E-state index in [1.54, 1.807) is 19.2 Å². The standard InChI is InChI=1S/C17H17NO2/c1-12-7-8-18-11-16(12)10-15-5-3-14(4-6-15)9-13(2)17(19)20/h3-9,11H,10H2,1-2H3,(H,19,20)/b13-9+. The highest BCUT2D eigenvalue weighted by Gasteiger charge is 2.02. The molecule has 0 aliphatic heterocycles. The number of nitrogens with zero attached hydrogens (tertiary/aromatic N) is 1. The Balaban J connectivity index is 2.15. The monoisotopic (exact) mass is 267 g/mol. The third-order valence-corrected chi connectivity index (χ3v) is 3.24.